The van der Waals surface area contributed by atoms with E-state index in [-0.39, 0.29) is 68.1 Å². The van der Waals surface area contributed by atoms with Crippen LogP contribution in [0.2, 0.25) is 0 Å². The highest BCUT2D eigenvalue weighted by Crippen LogP contribution is 2.47. The summed E-state index contributed by atoms with van der Waals surface area (Å²) < 4.78 is 65.7. The first-order chi connectivity index (χ1) is 37.5. The van der Waals surface area contributed by atoms with Crippen molar-refractivity contribution in [3.05, 3.63) is 142 Å². The number of rotatable bonds is 13. The second kappa shape index (κ2) is 22.1. The van der Waals surface area contributed by atoms with Crippen molar-refractivity contribution in [2.75, 3.05) is 0 Å². The van der Waals surface area contributed by atoms with Gasteiger partial charge < -0.3 is 72.2 Å². The molecule has 2 saturated carbocycles. The maximum atomic E-state index is 13.1. The second-order valence-corrected chi connectivity index (χ2v) is 19.4. The van der Waals surface area contributed by atoms with Crippen LogP contribution in [0.25, 0.3) is 0 Å². The Morgan fingerprint density at radius 3 is 0.823 bits per heavy atom. The molecular weight excluding hydrogens is 1040 g/mol. The Morgan fingerprint density at radius 1 is 0.329 bits per heavy atom. The molecule has 24 nitrogen and oxygen atoms in total. The average molecular weight is 1100 g/mol. The molecule has 5 fully saturated rings. The molecule has 24 heteroatoms. The summed E-state index contributed by atoms with van der Waals surface area (Å²) in [6.07, 6.45) is 19.3. The van der Waals surface area contributed by atoms with Crippen molar-refractivity contribution in [3.63, 3.8) is 0 Å². The lowest BCUT2D eigenvalue weighted by molar-refractivity contribution is -0.297. The molecule has 0 aromatic heterocycles. The molecular formula is C55H54O24. The Hall–Kier alpha value is -9.09. The van der Waals surface area contributed by atoms with Crippen LogP contribution < -0.4 is 0 Å². The summed E-state index contributed by atoms with van der Waals surface area (Å²) >= 11 is 0. The lowest BCUT2D eigenvalue weighted by Crippen LogP contribution is -2.56. The SMILES string of the molecule is CCCC1(C)OC(=O)C(C=CC=CC=C2C(=O)OC3(CCC4(CC3)OC(=O)C(=C/C=C/C=C/C3=C(O)OC5(CCC6(CC5)OC(=O)C(=C/C=C/C=C/C5=C(O)OC(C)(CCC)OC5=O)C(=O)O6)OC3=O)C(=O)O4)OC2=O)=C(O)O1. The zero-order chi connectivity index (χ0) is 57.0. The third-order valence-corrected chi connectivity index (χ3v) is 13.3. The van der Waals surface area contributed by atoms with Crippen LogP contribution in [0.5, 0.6) is 0 Å². The summed E-state index contributed by atoms with van der Waals surface area (Å²) in [6.45, 7) is 6.77. The molecule has 2 aliphatic carbocycles. The van der Waals surface area contributed by atoms with Crippen LogP contribution in [0.4, 0.5) is 0 Å². The van der Waals surface area contributed by atoms with Crippen molar-refractivity contribution in [1.82, 2.24) is 0 Å². The number of carbonyl (C=O) groups excluding carboxylic acids is 9. The van der Waals surface area contributed by atoms with Gasteiger partial charge in [0, 0.05) is 78.1 Å². The first-order valence-corrected chi connectivity index (χ1v) is 25.1. The van der Waals surface area contributed by atoms with E-state index >= 15 is 0 Å². The number of cyclic esters (lactones) is 2. The van der Waals surface area contributed by atoms with Crippen LogP contribution in [0.3, 0.4) is 0 Å². The van der Waals surface area contributed by atoms with E-state index in [9.17, 15) is 58.5 Å². The van der Waals surface area contributed by atoms with Crippen molar-refractivity contribution in [2.24, 2.45) is 0 Å². The van der Waals surface area contributed by atoms with Gasteiger partial charge in [-0.25, -0.2) is 43.2 Å². The molecule has 0 bridgehead atoms. The summed E-state index contributed by atoms with van der Waals surface area (Å²) in [6, 6.07) is 0. The van der Waals surface area contributed by atoms with Crippen LogP contribution in [0.1, 0.15) is 105 Å². The summed E-state index contributed by atoms with van der Waals surface area (Å²) in [5.41, 5.74) is -2.24. The van der Waals surface area contributed by atoms with Crippen LogP contribution in [0, 0.1) is 0 Å². The normalized spacial score (nSPS) is 31.4. The van der Waals surface area contributed by atoms with Gasteiger partial charge in [-0.2, -0.15) is 0 Å². The summed E-state index contributed by atoms with van der Waals surface area (Å²) in [5, 5.41) is 31.2. The zero-order valence-corrected chi connectivity index (χ0v) is 43.1. The van der Waals surface area contributed by atoms with Gasteiger partial charge in [0.1, 0.15) is 33.4 Å². The predicted molar refractivity (Wildman–Crippen MR) is 261 cm³/mol. The fourth-order valence-electron chi connectivity index (χ4n) is 9.34. The largest absolute Gasteiger partial charge is 0.480 e. The van der Waals surface area contributed by atoms with E-state index in [1.807, 2.05) is 13.8 Å². The molecule has 8 aliphatic rings. The summed E-state index contributed by atoms with van der Waals surface area (Å²) in [5.74, 6) is -20.1. The number of esters is 9. The highest BCUT2D eigenvalue weighted by molar-refractivity contribution is 6.17. The molecule has 8 rings (SSSR count). The van der Waals surface area contributed by atoms with E-state index in [1.54, 1.807) is 0 Å². The predicted octanol–water partition coefficient (Wildman–Crippen LogP) is 6.40. The number of carbonyl (C=O) groups is 9. The minimum Gasteiger partial charge on any atom is -0.480 e. The molecule has 0 radical (unpaired) electrons. The molecule has 0 amide bonds. The van der Waals surface area contributed by atoms with Crippen molar-refractivity contribution >= 4 is 53.7 Å². The maximum absolute atomic E-state index is 13.1. The van der Waals surface area contributed by atoms with E-state index in [0.29, 0.717) is 25.7 Å². The Balaban J connectivity index is 0.784. The summed E-state index contributed by atoms with van der Waals surface area (Å²) in [4.78, 5) is 116. The highest BCUT2D eigenvalue weighted by Gasteiger charge is 2.58. The van der Waals surface area contributed by atoms with Gasteiger partial charge in [-0.15, -0.1) is 0 Å². The molecule has 0 aromatic rings. The highest BCUT2D eigenvalue weighted by atomic mass is 16.8. The Morgan fingerprint density at radius 2 is 0.570 bits per heavy atom. The van der Waals surface area contributed by atoms with Crippen LogP contribution in [-0.4, -0.2) is 104 Å². The van der Waals surface area contributed by atoms with E-state index in [2.05, 4.69) is 0 Å². The molecule has 6 aliphatic heterocycles. The number of hydrogen-bond acceptors (Lipinski definition) is 24. The molecule has 2 atom stereocenters. The number of aliphatic hydroxyl groups excluding tert-OH is 3. The fourth-order valence-corrected chi connectivity index (χ4v) is 9.34. The fraction of sp³-hybridized carbons (Fsp3) is 0.400. The van der Waals surface area contributed by atoms with Gasteiger partial charge >= 0.3 is 53.7 Å². The third kappa shape index (κ3) is 12.2. The van der Waals surface area contributed by atoms with Gasteiger partial charge in [0.05, 0.1) is 0 Å². The number of ether oxygens (including phenoxy) is 12. The third-order valence-electron chi connectivity index (χ3n) is 13.3. The van der Waals surface area contributed by atoms with E-state index in [4.69, 9.17) is 56.8 Å². The Bertz CT molecular complexity index is 2950. The van der Waals surface area contributed by atoms with Crippen LogP contribution in [0.15, 0.2) is 142 Å². The lowest BCUT2D eigenvalue weighted by atomic mass is 9.87. The van der Waals surface area contributed by atoms with Gasteiger partial charge in [0.15, 0.2) is 0 Å². The molecule has 3 N–H and O–H groups in total. The Kier molecular flexibility index (Phi) is 15.7. The average Bonchev–Trinajstić information content (AvgIpc) is 3.37. The van der Waals surface area contributed by atoms with E-state index in [0.717, 1.165) is 24.3 Å². The first-order valence-electron chi connectivity index (χ1n) is 25.1. The molecule has 418 valence electrons. The van der Waals surface area contributed by atoms with Gasteiger partial charge in [0.2, 0.25) is 0 Å². The van der Waals surface area contributed by atoms with Crippen molar-refractivity contribution in [3.8, 4) is 0 Å². The second-order valence-electron chi connectivity index (χ2n) is 19.4. The smallest absolute Gasteiger partial charge is 0.348 e. The Labute approximate surface area is 449 Å². The topological polar surface area (TPSA) is 325 Å². The van der Waals surface area contributed by atoms with Gasteiger partial charge in [-0.05, 0) is 49.3 Å². The van der Waals surface area contributed by atoms with Crippen molar-refractivity contribution in [1.29, 1.82) is 0 Å². The molecule has 0 aromatic carbocycles. The molecule has 4 spiro atoms. The van der Waals surface area contributed by atoms with Crippen LogP contribution >= 0.6 is 0 Å². The number of allylic oxidation sites excluding steroid dienone is 12. The van der Waals surface area contributed by atoms with Gasteiger partial charge in [0.25, 0.3) is 52.6 Å². The van der Waals surface area contributed by atoms with Crippen LogP contribution in [-0.2, 0) is 100.0 Å². The zero-order valence-electron chi connectivity index (χ0n) is 43.1. The minimum atomic E-state index is -1.75. The lowest BCUT2D eigenvalue weighted by Gasteiger charge is -2.46. The quantitative estimate of drug-likeness (QED) is 0.0590. The maximum Gasteiger partial charge on any atom is 0.348 e. The molecule has 3 saturated heterocycles. The summed E-state index contributed by atoms with van der Waals surface area (Å²) in [7, 11) is 0. The molecule has 2 unspecified atom stereocenters. The monoisotopic (exact) mass is 1100 g/mol. The first kappa shape index (κ1) is 56.1. The molecule has 79 heavy (non-hydrogen) atoms. The van der Waals surface area contributed by atoms with Crippen molar-refractivity contribution < 1.29 is 115 Å². The van der Waals surface area contributed by atoms with E-state index in [1.165, 1.54) is 80.7 Å². The number of hydrogen-bond donors (Lipinski definition) is 3. The molecule has 6 heterocycles. The number of aliphatic hydroxyl groups is 3. The van der Waals surface area contributed by atoms with Gasteiger partial charge in [-0.3, -0.25) is 0 Å². The van der Waals surface area contributed by atoms with Gasteiger partial charge in [-0.1, -0.05) is 68.5 Å². The van der Waals surface area contributed by atoms with E-state index < -0.39 is 123 Å². The minimum absolute atomic E-state index is 0.164. The van der Waals surface area contributed by atoms with Crippen molar-refractivity contribution in [2.45, 2.75) is 139 Å². The standard InChI is InChI=1S/C55H54O24/c1-5-22-50(3)68-38(56)32(39(57)69-50)16-10-7-12-18-34-42(60)72-52(73-43(34)61)24-28-54(29-25-52)76-46(64)36(47(65)77-54)20-14-9-15-21-37-48(66)78-55(79-49(37)67)30-26-53(27-31-55)74-44(62)35(45(63)75-53)19-13-8-11-17-33-40(58)70-51(4,23-6-2)71-41(33)59/h7-21,56,58,64H,5-6,22-31H2,1-4H3/b12-7+,13-8?,15-9+,16-10+,17-11?,20-14+,34-18?,35-19?,37-21?.